The maximum atomic E-state index is 14.2. The van der Waals surface area contributed by atoms with Crippen LogP contribution in [0, 0.1) is 12.7 Å². The number of ether oxygens (including phenoxy) is 1. The molecule has 0 saturated carbocycles. The van der Waals surface area contributed by atoms with Crippen LogP contribution in [0.15, 0.2) is 71.3 Å². The van der Waals surface area contributed by atoms with Crippen LogP contribution in [-0.4, -0.2) is 51.2 Å². The van der Waals surface area contributed by atoms with Crippen molar-refractivity contribution in [3.8, 4) is 11.3 Å². The van der Waals surface area contributed by atoms with Crippen molar-refractivity contribution in [3.63, 3.8) is 0 Å². The van der Waals surface area contributed by atoms with Crippen molar-refractivity contribution in [1.29, 1.82) is 0 Å². The molecule has 0 bridgehead atoms. The van der Waals surface area contributed by atoms with Crippen molar-refractivity contribution in [2.45, 2.75) is 13.5 Å². The first-order valence-electron chi connectivity index (χ1n) is 11.5. The van der Waals surface area contributed by atoms with E-state index in [1.807, 2.05) is 54.3 Å². The zero-order chi connectivity index (χ0) is 24.7. The van der Waals surface area contributed by atoms with Gasteiger partial charge in [-0.3, -0.25) is 4.98 Å². The minimum Gasteiger partial charge on any atom is -0.378 e. The summed E-state index contributed by atoms with van der Waals surface area (Å²) in [5, 5.41) is 11.5. The van der Waals surface area contributed by atoms with Crippen LogP contribution in [0.1, 0.15) is 11.5 Å². The molecule has 0 radical (unpaired) electrons. The van der Waals surface area contributed by atoms with Gasteiger partial charge in [-0.1, -0.05) is 12.1 Å². The Kier molecular flexibility index (Phi) is 7.08. The van der Waals surface area contributed by atoms with Crippen LogP contribution >= 0.6 is 0 Å². The van der Waals surface area contributed by atoms with E-state index in [4.69, 9.17) is 4.74 Å². The molecule has 4 heterocycles. The summed E-state index contributed by atoms with van der Waals surface area (Å²) in [5.41, 5.74) is 4.35. The van der Waals surface area contributed by atoms with Crippen molar-refractivity contribution in [3.05, 3.63) is 78.4 Å². The molecule has 1 fully saturated rings. The van der Waals surface area contributed by atoms with E-state index < -0.39 is 5.82 Å². The fourth-order valence-corrected chi connectivity index (χ4v) is 3.70. The summed E-state index contributed by atoms with van der Waals surface area (Å²) in [6.45, 7) is 4.32. The molecule has 3 aromatic heterocycles. The number of hydrogen-bond acceptors (Lipinski definition) is 10. The molecule has 36 heavy (non-hydrogen) atoms. The van der Waals surface area contributed by atoms with Gasteiger partial charge in [0.2, 0.25) is 0 Å². The van der Waals surface area contributed by atoms with Crippen LogP contribution < -0.4 is 10.2 Å². The van der Waals surface area contributed by atoms with E-state index in [-0.39, 0.29) is 18.3 Å². The number of anilines is 3. The summed E-state index contributed by atoms with van der Waals surface area (Å²) in [5.74, 6) is 0.564. The summed E-state index contributed by atoms with van der Waals surface area (Å²) in [4.78, 5) is 23.0. The molecule has 4 aromatic rings. The van der Waals surface area contributed by atoms with E-state index in [0.29, 0.717) is 26.3 Å². The third-order valence-corrected chi connectivity index (χ3v) is 5.46. The van der Waals surface area contributed by atoms with E-state index in [0.717, 1.165) is 40.3 Å². The second kappa shape index (κ2) is 10.9. The van der Waals surface area contributed by atoms with Crippen molar-refractivity contribution >= 4 is 23.1 Å². The Morgan fingerprint density at radius 2 is 1.89 bits per heavy atom. The highest BCUT2D eigenvalue weighted by Crippen LogP contribution is 2.24. The van der Waals surface area contributed by atoms with E-state index >= 15 is 0 Å². The molecule has 1 aliphatic rings. The van der Waals surface area contributed by atoms with Crippen molar-refractivity contribution in [2.75, 3.05) is 36.5 Å². The van der Waals surface area contributed by atoms with Gasteiger partial charge in [-0.05, 0) is 37.3 Å². The average Bonchev–Trinajstić information content (AvgIpc) is 2.91. The number of azo groups is 1. The highest BCUT2D eigenvalue weighted by atomic mass is 19.1. The lowest BCUT2D eigenvalue weighted by Gasteiger charge is -2.27. The molecule has 0 unspecified atom stereocenters. The van der Waals surface area contributed by atoms with Gasteiger partial charge < -0.3 is 15.0 Å². The lowest BCUT2D eigenvalue weighted by atomic mass is 10.1. The first-order chi connectivity index (χ1) is 17.6. The number of halogens is 1. The number of pyridine rings is 1. The lowest BCUT2D eigenvalue weighted by Crippen LogP contribution is -2.37. The van der Waals surface area contributed by atoms with E-state index in [2.05, 4.69) is 40.5 Å². The van der Waals surface area contributed by atoms with Gasteiger partial charge in [-0.2, -0.15) is 10.1 Å². The van der Waals surface area contributed by atoms with Crippen LogP contribution in [0.3, 0.4) is 0 Å². The fourth-order valence-electron chi connectivity index (χ4n) is 3.70. The number of nitrogens with one attached hydrogen (secondary N) is 1. The topological polar surface area (TPSA) is 114 Å². The van der Waals surface area contributed by atoms with Crippen LogP contribution in [-0.2, 0) is 11.3 Å². The van der Waals surface area contributed by atoms with Gasteiger partial charge >= 0.3 is 0 Å². The van der Waals surface area contributed by atoms with E-state index in [9.17, 15) is 4.39 Å². The molecule has 0 amide bonds. The average molecular weight is 486 g/mol. The molecule has 1 aliphatic heterocycles. The van der Waals surface area contributed by atoms with E-state index in [1.54, 1.807) is 12.4 Å². The third kappa shape index (κ3) is 5.81. The molecule has 0 aliphatic carbocycles. The summed E-state index contributed by atoms with van der Waals surface area (Å²) < 4.78 is 19.5. The summed E-state index contributed by atoms with van der Waals surface area (Å²) >= 11 is 0. The predicted octanol–water partition coefficient (Wildman–Crippen LogP) is 4.64. The number of rotatable bonds is 7. The maximum Gasteiger partial charge on any atom is 0.270 e. The van der Waals surface area contributed by atoms with Gasteiger partial charge in [-0.25, -0.2) is 19.3 Å². The normalized spacial score (nSPS) is 13.8. The number of nitrogens with zero attached hydrogens (tertiary/aromatic N) is 8. The number of morpholine rings is 1. The first-order valence-corrected chi connectivity index (χ1v) is 11.5. The molecule has 1 saturated heterocycles. The SMILES string of the molecule is Cc1nccc(-c2cccc(Nc3ccc(CN=Nc4ncc(F)c(N5CCOCC5)n4)nc3)c2)n1. The molecule has 5 rings (SSSR count). The van der Waals surface area contributed by atoms with Gasteiger partial charge in [0.15, 0.2) is 11.6 Å². The third-order valence-electron chi connectivity index (χ3n) is 5.46. The van der Waals surface area contributed by atoms with Gasteiger partial charge in [-0.15, -0.1) is 5.11 Å². The van der Waals surface area contributed by atoms with Crippen molar-refractivity contribution in [1.82, 2.24) is 24.9 Å². The van der Waals surface area contributed by atoms with Crippen molar-refractivity contribution < 1.29 is 9.13 Å². The Bertz CT molecular complexity index is 1360. The molecular formula is C25H24FN9O. The molecule has 1 aromatic carbocycles. The van der Waals surface area contributed by atoms with Crippen LogP contribution in [0.4, 0.5) is 27.5 Å². The molecule has 10 nitrogen and oxygen atoms in total. The Morgan fingerprint density at radius 1 is 1.00 bits per heavy atom. The number of benzene rings is 1. The molecule has 0 spiro atoms. The summed E-state index contributed by atoms with van der Waals surface area (Å²) in [6.07, 6.45) is 4.60. The zero-order valence-corrected chi connectivity index (χ0v) is 19.7. The lowest BCUT2D eigenvalue weighted by molar-refractivity contribution is 0.122. The Balaban J connectivity index is 1.21. The molecule has 0 atom stereocenters. The predicted molar refractivity (Wildman–Crippen MR) is 133 cm³/mol. The standard InChI is InChI=1S/C25H24FN9O/c1-17-27-8-7-23(31-17)18-3-2-4-19(13-18)32-21-6-5-20(28-14-21)15-30-34-25-29-16-22(26)24(33-25)35-9-11-36-12-10-35/h2-8,13-14,16,32H,9-12,15H2,1H3. The Labute approximate surface area is 207 Å². The van der Waals surface area contributed by atoms with Crippen LogP contribution in [0.2, 0.25) is 0 Å². The van der Waals surface area contributed by atoms with Crippen LogP contribution in [0.25, 0.3) is 11.3 Å². The van der Waals surface area contributed by atoms with E-state index in [1.165, 1.54) is 0 Å². The molecular weight excluding hydrogens is 461 g/mol. The number of aromatic nitrogens is 5. The quantitative estimate of drug-likeness (QED) is 0.377. The first kappa shape index (κ1) is 23.4. The Morgan fingerprint density at radius 3 is 2.69 bits per heavy atom. The fraction of sp³-hybridized carbons (Fsp3) is 0.240. The van der Waals surface area contributed by atoms with Gasteiger partial charge in [0, 0.05) is 30.5 Å². The highest BCUT2D eigenvalue weighted by Gasteiger charge is 2.17. The molecule has 182 valence electrons. The molecule has 11 heteroatoms. The second-order valence-corrected chi connectivity index (χ2v) is 8.07. The number of aryl methyl sites for hydroxylation is 1. The largest absolute Gasteiger partial charge is 0.378 e. The minimum atomic E-state index is -0.488. The summed E-state index contributed by atoms with van der Waals surface area (Å²) in [7, 11) is 0. The monoisotopic (exact) mass is 485 g/mol. The van der Waals surface area contributed by atoms with Gasteiger partial charge in [0.1, 0.15) is 12.4 Å². The van der Waals surface area contributed by atoms with Gasteiger partial charge in [0.25, 0.3) is 5.95 Å². The molecule has 1 N–H and O–H groups in total. The van der Waals surface area contributed by atoms with Crippen LogP contribution in [0.5, 0.6) is 0 Å². The highest BCUT2D eigenvalue weighted by molar-refractivity contribution is 5.68. The van der Waals surface area contributed by atoms with Gasteiger partial charge in [0.05, 0.1) is 42.7 Å². The van der Waals surface area contributed by atoms with Crippen molar-refractivity contribution in [2.24, 2.45) is 10.2 Å². The maximum absolute atomic E-state index is 14.2. The second-order valence-electron chi connectivity index (χ2n) is 8.07. The summed E-state index contributed by atoms with van der Waals surface area (Å²) in [6, 6.07) is 13.7. The minimum absolute atomic E-state index is 0.106. The number of hydrogen-bond donors (Lipinski definition) is 1. The zero-order valence-electron chi connectivity index (χ0n) is 19.7. The Hall–Kier alpha value is -4.38. The smallest absolute Gasteiger partial charge is 0.270 e.